The summed E-state index contributed by atoms with van der Waals surface area (Å²) in [5.41, 5.74) is 2.53. The molecule has 0 spiro atoms. The fraction of sp³-hybridized carbons (Fsp3) is 0.462. The molecule has 35 heavy (non-hydrogen) atoms. The number of aromatic nitrogens is 1. The number of carbonyl (C=O) groups is 1. The first kappa shape index (κ1) is 25.5. The van der Waals surface area contributed by atoms with E-state index in [4.69, 9.17) is 0 Å². The summed E-state index contributed by atoms with van der Waals surface area (Å²) >= 11 is 0. The van der Waals surface area contributed by atoms with Crippen LogP contribution < -0.4 is 5.32 Å². The van der Waals surface area contributed by atoms with E-state index < -0.39 is 22.7 Å². The topological polar surface area (TPSA) is 120 Å². The monoisotopic (exact) mass is 499 g/mol. The third-order valence-corrected chi connectivity index (χ3v) is 8.62. The zero-order valence-electron chi connectivity index (χ0n) is 19.7. The Morgan fingerprint density at radius 3 is 2.49 bits per heavy atom. The molecular formula is C26H33N3O5S. The number of ketones is 1. The maximum Gasteiger partial charge on any atom is 0.244 e. The minimum absolute atomic E-state index is 0.0658. The lowest BCUT2D eigenvalue weighted by Gasteiger charge is -2.29. The van der Waals surface area contributed by atoms with Crippen LogP contribution in [-0.2, 0) is 27.7 Å². The van der Waals surface area contributed by atoms with Crippen molar-refractivity contribution in [2.75, 3.05) is 13.2 Å². The molecule has 0 radical (unpaired) electrons. The lowest BCUT2D eigenvalue weighted by molar-refractivity contribution is -0.116. The van der Waals surface area contributed by atoms with Crippen LogP contribution in [0.3, 0.4) is 0 Å². The highest BCUT2D eigenvalue weighted by Gasteiger charge is 2.35. The van der Waals surface area contributed by atoms with Gasteiger partial charge in [0.05, 0.1) is 12.7 Å². The molecule has 2 aromatic rings. The molecule has 1 saturated carbocycles. The van der Waals surface area contributed by atoms with Crippen molar-refractivity contribution in [3.05, 3.63) is 71.7 Å². The standard InChI is InChI=1S/C26H33N3O5S/c30-18-24(31)17-29(23-8-4-5-9-23)35(33,34)25-11-10-21(28-16-25)13-22-14-26(32)20(15-27-22)12-19-6-2-1-3-7-19/h1-3,6-7,10-11,15-16,22-24,27,30-31H,4-5,8-9,12-14,17-18H2/t22-,24-/m0/s1. The van der Waals surface area contributed by atoms with Crippen LogP contribution in [0, 0.1) is 0 Å². The second-order valence-corrected chi connectivity index (χ2v) is 11.3. The fourth-order valence-corrected chi connectivity index (χ4v) is 6.45. The van der Waals surface area contributed by atoms with Crippen LogP contribution in [0.1, 0.15) is 43.4 Å². The number of allylic oxidation sites excluding steroid dienone is 1. The quantitative estimate of drug-likeness (QED) is 0.457. The minimum Gasteiger partial charge on any atom is -0.394 e. The molecule has 1 aliphatic carbocycles. The third kappa shape index (κ3) is 6.35. The van der Waals surface area contributed by atoms with E-state index in [0.717, 1.165) is 36.8 Å². The Morgan fingerprint density at radius 1 is 1.11 bits per heavy atom. The molecule has 2 atom stereocenters. The van der Waals surface area contributed by atoms with Gasteiger partial charge in [-0.1, -0.05) is 43.2 Å². The predicted octanol–water partition coefficient (Wildman–Crippen LogP) is 1.97. The van der Waals surface area contributed by atoms with Gasteiger partial charge in [-0.05, 0) is 30.5 Å². The average Bonchev–Trinajstić information content (AvgIpc) is 3.39. The second kappa shape index (κ2) is 11.4. The zero-order valence-corrected chi connectivity index (χ0v) is 20.5. The molecule has 3 N–H and O–H groups in total. The summed E-state index contributed by atoms with van der Waals surface area (Å²) in [5.74, 6) is 0.103. The van der Waals surface area contributed by atoms with Gasteiger partial charge in [-0.2, -0.15) is 4.31 Å². The van der Waals surface area contributed by atoms with Gasteiger partial charge in [0.15, 0.2) is 5.78 Å². The average molecular weight is 500 g/mol. The molecule has 0 saturated heterocycles. The van der Waals surface area contributed by atoms with Gasteiger partial charge >= 0.3 is 0 Å². The number of pyridine rings is 1. The second-order valence-electron chi connectivity index (χ2n) is 9.36. The Morgan fingerprint density at radius 2 is 1.86 bits per heavy atom. The first-order chi connectivity index (χ1) is 16.9. The summed E-state index contributed by atoms with van der Waals surface area (Å²) in [5, 5.41) is 22.5. The molecule has 2 aliphatic rings. The van der Waals surface area contributed by atoms with E-state index in [2.05, 4.69) is 10.3 Å². The van der Waals surface area contributed by atoms with Crippen molar-refractivity contribution in [1.82, 2.24) is 14.6 Å². The van der Waals surface area contributed by atoms with Crippen molar-refractivity contribution in [2.24, 2.45) is 0 Å². The Kier molecular flexibility index (Phi) is 8.33. The predicted molar refractivity (Wildman–Crippen MR) is 132 cm³/mol. The number of nitrogens with one attached hydrogen (secondary N) is 1. The number of benzene rings is 1. The summed E-state index contributed by atoms with van der Waals surface area (Å²) in [6.45, 7) is -0.637. The summed E-state index contributed by atoms with van der Waals surface area (Å²) in [6, 6.07) is 12.8. The van der Waals surface area contributed by atoms with Gasteiger partial charge in [0.1, 0.15) is 4.90 Å². The van der Waals surface area contributed by atoms with Crippen molar-refractivity contribution < 1.29 is 23.4 Å². The molecule has 0 amide bonds. The van der Waals surface area contributed by atoms with Gasteiger partial charge in [0, 0.05) is 61.6 Å². The number of carbonyl (C=O) groups excluding carboxylic acids is 1. The molecule has 188 valence electrons. The van der Waals surface area contributed by atoms with E-state index in [1.807, 2.05) is 30.3 Å². The number of Topliss-reactive ketones (excluding diaryl/α,β-unsaturated/α-hetero) is 1. The molecule has 8 nitrogen and oxygen atoms in total. The van der Waals surface area contributed by atoms with E-state index in [0.29, 0.717) is 25.0 Å². The van der Waals surface area contributed by atoms with Crippen LogP contribution in [0.15, 0.2) is 65.3 Å². The Hall–Kier alpha value is -2.59. The molecule has 1 fully saturated rings. The number of aliphatic hydroxyl groups excluding tert-OH is 2. The van der Waals surface area contributed by atoms with Crippen LogP contribution >= 0.6 is 0 Å². The van der Waals surface area contributed by atoms with Crippen LogP contribution in [0.5, 0.6) is 0 Å². The lowest BCUT2D eigenvalue weighted by atomic mass is 9.93. The number of rotatable bonds is 10. The summed E-state index contributed by atoms with van der Waals surface area (Å²) in [7, 11) is -3.86. The molecule has 1 aliphatic heterocycles. The lowest BCUT2D eigenvalue weighted by Crippen LogP contribution is -2.44. The highest BCUT2D eigenvalue weighted by Crippen LogP contribution is 2.29. The number of hydrogen-bond acceptors (Lipinski definition) is 7. The largest absolute Gasteiger partial charge is 0.394 e. The minimum atomic E-state index is -3.86. The van der Waals surface area contributed by atoms with E-state index in [1.165, 1.54) is 16.6 Å². The number of hydrogen-bond donors (Lipinski definition) is 3. The summed E-state index contributed by atoms with van der Waals surface area (Å²) in [4.78, 5) is 17.1. The van der Waals surface area contributed by atoms with E-state index >= 15 is 0 Å². The normalized spacial score (nSPS) is 20.0. The highest BCUT2D eigenvalue weighted by atomic mass is 32.2. The number of nitrogens with zero attached hydrogens (tertiary/aromatic N) is 2. The Bertz CT molecular complexity index is 1130. The first-order valence-corrected chi connectivity index (χ1v) is 13.6. The first-order valence-electron chi connectivity index (χ1n) is 12.1. The maximum atomic E-state index is 13.3. The SMILES string of the molecule is O=C1C[C@H](Cc2ccc(S(=O)(=O)N(C[C@H](O)CO)C3CCCC3)cn2)NC=C1Cc1ccccc1. The van der Waals surface area contributed by atoms with Gasteiger partial charge in [-0.25, -0.2) is 8.42 Å². The fourth-order valence-electron chi connectivity index (χ4n) is 4.78. The molecule has 2 heterocycles. The van der Waals surface area contributed by atoms with Crippen LogP contribution in [0.25, 0.3) is 0 Å². The molecule has 0 bridgehead atoms. The number of sulfonamides is 1. The summed E-state index contributed by atoms with van der Waals surface area (Å²) < 4.78 is 28.0. The Balaban J connectivity index is 1.41. The highest BCUT2D eigenvalue weighted by molar-refractivity contribution is 7.89. The number of aliphatic hydroxyl groups is 2. The van der Waals surface area contributed by atoms with Crippen LogP contribution in [0.2, 0.25) is 0 Å². The van der Waals surface area contributed by atoms with Crippen molar-refractivity contribution in [3.63, 3.8) is 0 Å². The molecule has 9 heteroatoms. The van der Waals surface area contributed by atoms with Crippen LogP contribution in [-0.4, -0.2) is 65.0 Å². The van der Waals surface area contributed by atoms with E-state index in [9.17, 15) is 23.4 Å². The molecule has 1 aromatic carbocycles. The Labute approximate surface area is 206 Å². The van der Waals surface area contributed by atoms with Gasteiger partial charge in [-0.3, -0.25) is 9.78 Å². The third-order valence-electron chi connectivity index (χ3n) is 6.71. The molecular weight excluding hydrogens is 466 g/mol. The zero-order chi connectivity index (χ0) is 24.8. The van der Waals surface area contributed by atoms with Crippen LogP contribution in [0.4, 0.5) is 0 Å². The van der Waals surface area contributed by atoms with Gasteiger partial charge in [0.2, 0.25) is 10.0 Å². The smallest absolute Gasteiger partial charge is 0.244 e. The molecule has 0 unspecified atom stereocenters. The summed E-state index contributed by atoms with van der Waals surface area (Å²) in [6.07, 6.45) is 6.81. The van der Waals surface area contributed by atoms with Crippen molar-refractivity contribution >= 4 is 15.8 Å². The van der Waals surface area contributed by atoms with Crippen molar-refractivity contribution in [1.29, 1.82) is 0 Å². The van der Waals surface area contributed by atoms with Crippen molar-refractivity contribution in [2.45, 2.75) is 68.0 Å². The maximum absolute atomic E-state index is 13.3. The van der Waals surface area contributed by atoms with E-state index in [-0.39, 0.29) is 29.3 Å². The van der Waals surface area contributed by atoms with Gasteiger partial charge < -0.3 is 15.5 Å². The molecule has 4 rings (SSSR count). The van der Waals surface area contributed by atoms with Gasteiger partial charge in [0.25, 0.3) is 0 Å². The molecule has 1 aromatic heterocycles. The van der Waals surface area contributed by atoms with Crippen molar-refractivity contribution in [3.8, 4) is 0 Å². The van der Waals surface area contributed by atoms with E-state index in [1.54, 1.807) is 12.3 Å². The van der Waals surface area contributed by atoms with Gasteiger partial charge in [-0.15, -0.1) is 0 Å².